The lowest BCUT2D eigenvalue weighted by atomic mass is 10.0. The molecule has 1 aromatic heterocycles. The van der Waals surface area contributed by atoms with Gasteiger partial charge in [-0.05, 0) is 42.0 Å². The maximum atomic E-state index is 13.0. The third-order valence-corrected chi connectivity index (χ3v) is 5.19. The number of furan rings is 1. The molecule has 1 fully saturated rings. The quantitative estimate of drug-likeness (QED) is 0.297. The zero-order valence-electron chi connectivity index (χ0n) is 19.0. The predicted molar refractivity (Wildman–Crippen MR) is 123 cm³/mol. The lowest BCUT2D eigenvalue weighted by Crippen LogP contribution is -2.30. The Morgan fingerprint density at radius 2 is 1.89 bits per heavy atom. The summed E-state index contributed by atoms with van der Waals surface area (Å²) in [7, 11) is 1.22. The summed E-state index contributed by atoms with van der Waals surface area (Å²) in [5, 5.41) is 4.20. The van der Waals surface area contributed by atoms with Gasteiger partial charge in [0.25, 0.3) is 5.91 Å². The first kappa shape index (κ1) is 23.6. The Labute approximate surface area is 200 Å². The minimum Gasteiger partial charge on any atom is -0.481 e. The fraction of sp³-hybridized carbons (Fsp3) is 0.200. The van der Waals surface area contributed by atoms with E-state index in [1.165, 1.54) is 25.3 Å². The highest BCUT2D eigenvalue weighted by Gasteiger charge is 2.34. The molecule has 1 aliphatic rings. The summed E-state index contributed by atoms with van der Waals surface area (Å²) in [6, 6.07) is 13.2. The number of rotatable bonds is 8. The Morgan fingerprint density at radius 1 is 1.09 bits per heavy atom. The van der Waals surface area contributed by atoms with Crippen molar-refractivity contribution in [1.29, 1.82) is 0 Å². The molecule has 1 N–H and O–H groups in total. The van der Waals surface area contributed by atoms with E-state index >= 15 is 0 Å². The van der Waals surface area contributed by atoms with Gasteiger partial charge >= 0.3 is 18.0 Å². The molecule has 1 aliphatic heterocycles. The van der Waals surface area contributed by atoms with Crippen molar-refractivity contribution < 1.29 is 37.8 Å². The van der Waals surface area contributed by atoms with Crippen LogP contribution in [0.5, 0.6) is 5.75 Å². The number of ether oxygens (including phenoxy) is 3. The maximum Gasteiger partial charge on any atom is 0.373 e. The Hall–Kier alpha value is -4.60. The number of carbonyl (C=O) groups is 4. The third kappa shape index (κ3) is 5.01. The molecule has 0 atom stereocenters. The molecular formula is C25H22N2O8. The Morgan fingerprint density at radius 3 is 2.66 bits per heavy atom. The van der Waals surface area contributed by atoms with Crippen LogP contribution in [0.25, 0.3) is 16.8 Å². The van der Waals surface area contributed by atoms with E-state index in [2.05, 4.69) is 10.1 Å². The first-order valence-electron chi connectivity index (χ1n) is 10.7. The third-order valence-electron chi connectivity index (χ3n) is 5.19. The van der Waals surface area contributed by atoms with Crippen molar-refractivity contribution >= 4 is 40.7 Å². The van der Waals surface area contributed by atoms with Crippen molar-refractivity contribution in [3.8, 4) is 5.75 Å². The molecule has 2 aromatic carbocycles. The zero-order valence-corrected chi connectivity index (χ0v) is 19.0. The fourth-order valence-electron chi connectivity index (χ4n) is 3.58. The molecule has 0 saturated carbocycles. The molecule has 35 heavy (non-hydrogen) atoms. The van der Waals surface area contributed by atoms with Crippen LogP contribution in [0.4, 0.5) is 4.79 Å². The molecule has 3 aromatic rings. The monoisotopic (exact) mass is 478 g/mol. The van der Waals surface area contributed by atoms with Crippen molar-refractivity contribution in [2.45, 2.75) is 13.5 Å². The van der Waals surface area contributed by atoms with Gasteiger partial charge in [-0.1, -0.05) is 30.3 Å². The second kappa shape index (κ2) is 10.1. The molecule has 3 amide bonds. The molecule has 180 valence electrons. The number of urea groups is 1. The molecule has 1 saturated heterocycles. The minimum absolute atomic E-state index is 0.0204. The first-order chi connectivity index (χ1) is 16.9. The molecule has 0 unspecified atom stereocenters. The number of hydrogen-bond donors (Lipinski definition) is 1. The van der Waals surface area contributed by atoms with Gasteiger partial charge in [-0.15, -0.1) is 0 Å². The van der Waals surface area contributed by atoms with Crippen LogP contribution >= 0.6 is 0 Å². The highest BCUT2D eigenvalue weighted by molar-refractivity contribution is 6.14. The van der Waals surface area contributed by atoms with E-state index in [1.807, 2.05) is 30.3 Å². The van der Waals surface area contributed by atoms with E-state index in [1.54, 1.807) is 13.0 Å². The lowest BCUT2D eigenvalue weighted by Gasteiger charge is -2.12. The van der Waals surface area contributed by atoms with Crippen LogP contribution in [0.2, 0.25) is 0 Å². The summed E-state index contributed by atoms with van der Waals surface area (Å²) in [4.78, 5) is 49.9. The highest BCUT2D eigenvalue weighted by atomic mass is 16.6. The van der Waals surface area contributed by atoms with E-state index < -0.39 is 23.9 Å². The summed E-state index contributed by atoms with van der Waals surface area (Å²) in [5.41, 5.74) is 0.538. The lowest BCUT2D eigenvalue weighted by molar-refractivity contribution is -0.145. The van der Waals surface area contributed by atoms with Crippen molar-refractivity contribution in [2.24, 2.45) is 0 Å². The second-order valence-corrected chi connectivity index (χ2v) is 7.43. The molecule has 2 heterocycles. The molecule has 0 radical (unpaired) electrons. The summed E-state index contributed by atoms with van der Waals surface area (Å²) < 4.78 is 20.6. The van der Waals surface area contributed by atoms with Crippen LogP contribution in [0.1, 0.15) is 28.8 Å². The van der Waals surface area contributed by atoms with Crippen LogP contribution in [0, 0.1) is 0 Å². The van der Waals surface area contributed by atoms with Crippen molar-refractivity contribution in [2.75, 3.05) is 20.3 Å². The average molecular weight is 478 g/mol. The number of imide groups is 1. The number of hydrogen-bond acceptors (Lipinski definition) is 8. The van der Waals surface area contributed by atoms with Gasteiger partial charge in [0.05, 0.1) is 20.3 Å². The van der Waals surface area contributed by atoms with E-state index in [9.17, 15) is 19.2 Å². The van der Waals surface area contributed by atoms with Gasteiger partial charge < -0.3 is 23.9 Å². The number of nitrogens with zero attached hydrogens (tertiary/aromatic N) is 1. The van der Waals surface area contributed by atoms with E-state index in [-0.39, 0.29) is 37.0 Å². The summed E-state index contributed by atoms with van der Waals surface area (Å²) >= 11 is 0. The van der Waals surface area contributed by atoms with Gasteiger partial charge in [0.2, 0.25) is 5.76 Å². The molecule has 10 heteroatoms. The zero-order chi connectivity index (χ0) is 24.9. The van der Waals surface area contributed by atoms with Crippen LogP contribution in [-0.4, -0.2) is 49.1 Å². The van der Waals surface area contributed by atoms with Crippen LogP contribution < -0.4 is 10.1 Å². The molecule has 0 spiro atoms. The normalized spacial score (nSPS) is 14.3. The molecule has 10 nitrogen and oxygen atoms in total. The number of nitrogens with one attached hydrogen (secondary N) is 1. The fourth-order valence-corrected chi connectivity index (χ4v) is 3.58. The van der Waals surface area contributed by atoms with Crippen LogP contribution in [0.3, 0.4) is 0 Å². The minimum atomic E-state index is -0.666. The number of benzene rings is 2. The molecule has 0 aliphatic carbocycles. The van der Waals surface area contributed by atoms with Crippen LogP contribution in [-0.2, 0) is 25.6 Å². The maximum absolute atomic E-state index is 13.0. The van der Waals surface area contributed by atoms with E-state index in [0.29, 0.717) is 11.3 Å². The van der Waals surface area contributed by atoms with Crippen molar-refractivity contribution in [3.05, 3.63) is 71.3 Å². The molecule has 0 bridgehead atoms. The average Bonchev–Trinajstić information content (AvgIpc) is 3.43. The van der Waals surface area contributed by atoms with Gasteiger partial charge in [0.15, 0.2) is 6.61 Å². The van der Waals surface area contributed by atoms with E-state index in [4.69, 9.17) is 13.9 Å². The van der Waals surface area contributed by atoms with Gasteiger partial charge in [-0.25, -0.2) is 14.4 Å². The highest BCUT2D eigenvalue weighted by Crippen LogP contribution is 2.31. The van der Waals surface area contributed by atoms with Gasteiger partial charge in [-0.2, -0.15) is 0 Å². The smallest absolute Gasteiger partial charge is 0.373 e. The van der Waals surface area contributed by atoms with Gasteiger partial charge in [-0.3, -0.25) is 9.69 Å². The Balaban J connectivity index is 1.63. The van der Waals surface area contributed by atoms with E-state index in [0.717, 1.165) is 15.7 Å². The predicted octanol–water partition coefficient (Wildman–Crippen LogP) is 3.25. The number of carbonyl (C=O) groups excluding carboxylic acids is 4. The van der Waals surface area contributed by atoms with Gasteiger partial charge in [0.1, 0.15) is 17.2 Å². The topological polar surface area (TPSA) is 124 Å². The standard InChI is InChI=1S/C25H22N2O8/c1-3-33-22(28)14-34-20-10-8-15-6-4-5-7-17(15)18(20)12-19-23(29)27(25(31)26-19)13-16-9-11-21(35-16)24(30)32-2/h4-12H,3,13-14H2,1-2H3,(H,26,31). The van der Waals surface area contributed by atoms with Crippen molar-refractivity contribution in [1.82, 2.24) is 10.2 Å². The van der Waals surface area contributed by atoms with Crippen LogP contribution in [0.15, 0.2) is 58.6 Å². The number of esters is 2. The number of methoxy groups -OCH3 is 1. The van der Waals surface area contributed by atoms with Gasteiger partial charge in [0, 0.05) is 5.56 Å². The van der Waals surface area contributed by atoms with Crippen molar-refractivity contribution in [3.63, 3.8) is 0 Å². The molecule has 4 rings (SSSR count). The summed E-state index contributed by atoms with van der Waals surface area (Å²) in [6.45, 7) is 1.43. The number of fused-ring (bicyclic) bond motifs is 1. The first-order valence-corrected chi connectivity index (χ1v) is 10.7. The second-order valence-electron chi connectivity index (χ2n) is 7.43. The summed E-state index contributed by atoms with van der Waals surface area (Å²) in [6.07, 6.45) is 1.51. The SMILES string of the molecule is CCOC(=O)COc1ccc2ccccc2c1C=C1NC(=O)N(Cc2ccc(C(=O)OC)o2)C1=O. The molecular weight excluding hydrogens is 456 g/mol. The number of amides is 3. The summed E-state index contributed by atoms with van der Waals surface area (Å²) in [5.74, 6) is -1.24. The Kier molecular flexibility index (Phi) is 6.81. The Bertz CT molecular complexity index is 1340. The largest absolute Gasteiger partial charge is 0.481 e.